The summed E-state index contributed by atoms with van der Waals surface area (Å²) < 4.78 is 18.1. The third-order valence-corrected chi connectivity index (χ3v) is 4.39. The Morgan fingerprint density at radius 2 is 1.88 bits per heavy atom. The van der Waals surface area contributed by atoms with Gasteiger partial charge in [-0.3, -0.25) is 9.59 Å². The lowest BCUT2D eigenvalue weighted by Gasteiger charge is -2.35. The Kier molecular flexibility index (Phi) is 5.29. The quantitative estimate of drug-likeness (QED) is 0.876. The van der Waals surface area contributed by atoms with Crippen LogP contribution < -0.4 is 5.32 Å². The van der Waals surface area contributed by atoms with Crippen LogP contribution in [0.5, 0.6) is 0 Å². The maximum absolute atomic E-state index is 12.9. The molecule has 0 saturated carbocycles. The molecular weight excluding hydrogens is 339 g/mol. The second-order valence-electron chi connectivity index (χ2n) is 6.11. The van der Waals surface area contributed by atoms with Gasteiger partial charge in [-0.1, -0.05) is 12.1 Å². The Balaban J connectivity index is 1.67. The van der Waals surface area contributed by atoms with Gasteiger partial charge in [0.15, 0.2) is 0 Å². The van der Waals surface area contributed by atoms with Crippen molar-refractivity contribution in [1.29, 1.82) is 0 Å². The molecule has 1 aliphatic rings. The van der Waals surface area contributed by atoms with Gasteiger partial charge in [-0.25, -0.2) is 4.39 Å². The minimum atomic E-state index is -0.897. The molecule has 3 rings (SSSR count). The highest BCUT2D eigenvalue weighted by atomic mass is 19.1. The van der Waals surface area contributed by atoms with Gasteiger partial charge in [0.1, 0.15) is 18.5 Å². The van der Waals surface area contributed by atoms with Gasteiger partial charge in [-0.2, -0.15) is 0 Å². The third kappa shape index (κ3) is 3.89. The molecule has 2 N–H and O–H groups in total. The first-order valence-electron chi connectivity index (χ1n) is 8.14. The number of nitrogens with one attached hydrogen (secondary N) is 1. The van der Waals surface area contributed by atoms with Crippen LogP contribution in [0.4, 0.5) is 10.1 Å². The van der Waals surface area contributed by atoms with E-state index in [0.717, 1.165) is 0 Å². The minimum Gasteiger partial charge on any atom is -0.386 e. The number of hydrogen-bond acceptors (Lipinski definition) is 4. The predicted molar refractivity (Wildman–Crippen MR) is 93.1 cm³/mol. The van der Waals surface area contributed by atoms with Crippen LogP contribution in [-0.2, 0) is 9.53 Å². The Morgan fingerprint density at radius 3 is 2.54 bits per heavy atom. The van der Waals surface area contributed by atoms with Crippen LogP contribution in [0, 0.1) is 5.82 Å². The molecule has 2 atom stereocenters. The molecule has 1 aliphatic heterocycles. The fraction of sp³-hybridized carbons (Fsp3) is 0.263. The SMILES string of the molecule is CN1C(=O)COC[C@@H]1[C@H](O)c1ccc(NC(=O)c2ccc(F)cc2)cc1. The molecule has 6 nitrogen and oxygen atoms in total. The van der Waals surface area contributed by atoms with Crippen LogP contribution in [0.3, 0.4) is 0 Å². The van der Waals surface area contributed by atoms with Gasteiger partial charge in [0.2, 0.25) is 5.91 Å². The van der Waals surface area contributed by atoms with Crippen molar-refractivity contribution in [3.63, 3.8) is 0 Å². The highest BCUT2D eigenvalue weighted by Gasteiger charge is 2.32. The molecule has 2 amide bonds. The molecule has 136 valence electrons. The zero-order valence-electron chi connectivity index (χ0n) is 14.2. The second-order valence-corrected chi connectivity index (χ2v) is 6.11. The molecular formula is C19H19FN2O4. The fourth-order valence-corrected chi connectivity index (χ4v) is 2.76. The molecule has 1 fully saturated rings. The lowest BCUT2D eigenvalue weighted by Crippen LogP contribution is -2.49. The van der Waals surface area contributed by atoms with Crippen LogP contribution in [0.2, 0.25) is 0 Å². The van der Waals surface area contributed by atoms with E-state index in [2.05, 4.69) is 5.32 Å². The third-order valence-electron chi connectivity index (χ3n) is 4.39. The van der Waals surface area contributed by atoms with E-state index >= 15 is 0 Å². The van der Waals surface area contributed by atoms with E-state index in [-0.39, 0.29) is 25.0 Å². The van der Waals surface area contributed by atoms with Crippen molar-refractivity contribution in [2.75, 3.05) is 25.6 Å². The summed E-state index contributed by atoms with van der Waals surface area (Å²) in [5, 5.41) is 13.2. The van der Waals surface area contributed by atoms with Crippen molar-refractivity contribution in [3.05, 3.63) is 65.5 Å². The molecule has 2 aromatic rings. The first-order chi connectivity index (χ1) is 12.5. The van der Waals surface area contributed by atoms with Gasteiger partial charge in [0, 0.05) is 18.3 Å². The first-order valence-corrected chi connectivity index (χ1v) is 8.14. The van der Waals surface area contributed by atoms with Gasteiger partial charge in [-0.05, 0) is 42.0 Å². The number of nitrogens with zero attached hydrogens (tertiary/aromatic N) is 1. The zero-order chi connectivity index (χ0) is 18.7. The first kappa shape index (κ1) is 18.0. The number of aliphatic hydroxyl groups excluding tert-OH is 1. The van der Waals surface area contributed by atoms with Crippen LogP contribution in [0.1, 0.15) is 22.0 Å². The van der Waals surface area contributed by atoms with Gasteiger partial charge in [0.05, 0.1) is 12.6 Å². The number of halogens is 1. The topological polar surface area (TPSA) is 78.9 Å². The number of amides is 2. The van der Waals surface area contributed by atoms with E-state index in [0.29, 0.717) is 16.8 Å². The van der Waals surface area contributed by atoms with Crippen molar-refractivity contribution in [2.24, 2.45) is 0 Å². The molecule has 0 aromatic heterocycles. The summed E-state index contributed by atoms with van der Waals surface area (Å²) in [5.41, 5.74) is 1.49. The molecule has 0 bridgehead atoms. The molecule has 2 aromatic carbocycles. The maximum Gasteiger partial charge on any atom is 0.255 e. The van der Waals surface area contributed by atoms with Crippen molar-refractivity contribution in [2.45, 2.75) is 12.1 Å². The predicted octanol–water partition coefficient (Wildman–Crippen LogP) is 1.97. The molecule has 0 aliphatic carbocycles. The average molecular weight is 358 g/mol. The number of carbonyl (C=O) groups is 2. The number of aliphatic hydroxyl groups is 1. The van der Waals surface area contributed by atoms with Crippen molar-refractivity contribution >= 4 is 17.5 Å². The number of carbonyl (C=O) groups excluding carboxylic acids is 2. The highest BCUT2D eigenvalue weighted by molar-refractivity contribution is 6.04. The largest absolute Gasteiger partial charge is 0.386 e. The highest BCUT2D eigenvalue weighted by Crippen LogP contribution is 2.24. The van der Waals surface area contributed by atoms with Crippen molar-refractivity contribution in [3.8, 4) is 0 Å². The summed E-state index contributed by atoms with van der Waals surface area (Å²) in [7, 11) is 1.63. The van der Waals surface area contributed by atoms with E-state index in [4.69, 9.17) is 4.74 Å². The number of benzene rings is 2. The van der Waals surface area contributed by atoms with Crippen LogP contribution >= 0.6 is 0 Å². The van der Waals surface area contributed by atoms with E-state index in [1.807, 2.05) is 0 Å². The van der Waals surface area contributed by atoms with E-state index in [9.17, 15) is 19.1 Å². The summed E-state index contributed by atoms with van der Waals surface area (Å²) in [6.45, 7) is 0.278. The number of hydrogen-bond donors (Lipinski definition) is 2. The van der Waals surface area contributed by atoms with E-state index in [1.54, 1.807) is 31.3 Å². The number of anilines is 1. The standard InChI is InChI=1S/C19H19FN2O4/c1-22-16(10-26-11-17(22)23)18(24)12-4-8-15(9-5-12)21-19(25)13-2-6-14(20)7-3-13/h2-9,16,18,24H,10-11H2,1H3,(H,21,25)/t16-,18-/m1/s1. The van der Waals surface area contributed by atoms with Gasteiger partial charge < -0.3 is 20.1 Å². The monoisotopic (exact) mass is 358 g/mol. The molecule has 26 heavy (non-hydrogen) atoms. The van der Waals surface area contributed by atoms with E-state index < -0.39 is 18.0 Å². The Bertz CT molecular complexity index is 792. The molecule has 7 heteroatoms. The van der Waals surface area contributed by atoms with Crippen LogP contribution in [0.15, 0.2) is 48.5 Å². The van der Waals surface area contributed by atoms with Crippen molar-refractivity contribution in [1.82, 2.24) is 4.90 Å². The van der Waals surface area contributed by atoms with Gasteiger partial charge >= 0.3 is 0 Å². The number of ether oxygens (including phenoxy) is 1. The summed E-state index contributed by atoms with van der Waals surface area (Å²) in [6.07, 6.45) is -0.897. The number of morpholine rings is 1. The second kappa shape index (κ2) is 7.63. The molecule has 0 radical (unpaired) electrons. The summed E-state index contributed by atoms with van der Waals surface area (Å²) >= 11 is 0. The fourth-order valence-electron chi connectivity index (χ4n) is 2.76. The van der Waals surface area contributed by atoms with E-state index in [1.165, 1.54) is 29.2 Å². The minimum absolute atomic E-state index is 0.0219. The lowest BCUT2D eigenvalue weighted by atomic mass is 10.0. The molecule has 1 heterocycles. The van der Waals surface area contributed by atoms with Gasteiger partial charge in [0.25, 0.3) is 5.91 Å². The normalized spacial score (nSPS) is 18.5. The summed E-state index contributed by atoms with van der Waals surface area (Å²) in [4.78, 5) is 25.3. The maximum atomic E-state index is 12.9. The Morgan fingerprint density at radius 1 is 1.23 bits per heavy atom. The molecule has 0 spiro atoms. The van der Waals surface area contributed by atoms with Crippen molar-refractivity contribution < 1.29 is 23.8 Å². The Hall–Kier alpha value is -2.77. The average Bonchev–Trinajstić information content (AvgIpc) is 2.64. The van der Waals surface area contributed by atoms with Crippen LogP contribution in [-0.4, -0.2) is 48.1 Å². The number of rotatable bonds is 4. The Labute approximate surface area is 150 Å². The lowest BCUT2D eigenvalue weighted by molar-refractivity contribution is -0.151. The molecule has 1 saturated heterocycles. The summed E-state index contributed by atoms with van der Waals surface area (Å²) in [6, 6.07) is 11.5. The zero-order valence-corrected chi connectivity index (χ0v) is 14.2. The van der Waals surface area contributed by atoms with Gasteiger partial charge in [-0.15, -0.1) is 0 Å². The molecule has 0 unspecified atom stereocenters. The smallest absolute Gasteiger partial charge is 0.255 e. The van der Waals surface area contributed by atoms with Crippen LogP contribution in [0.25, 0.3) is 0 Å². The summed E-state index contributed by atoms with van der Waals surface area (Å²) in [5.74, 6) is -0.942. The number of likely N-dealkylation sites (N-methyl/N-ethyl adjacent to an activating group) is 1.